The summed E-state index contributed by atoms with van der Waals surface area (Å²) in [6.07, 6.45) is 0.528. The Balaban J connectivity index is 2.48. The maximum atomic E-state index is 11.8. The Labute approximate surface area is 97.6 Å². The van der Waals surface area contributed by atoms with Gasteiger partial charge in [0.25, 0.3) is 0 Å². The lowest BCUT2D eigenvalue weighted by Crippen LogP contribution is -2.35. The summed E-state index contributed by atoms with van der Waals surface area (Å²) in [4.78, 5) is 13.5. The van der Waals surface area contributed by atoms with Crippen molar-refractivity contribution in [2.24, 2.45) is 11.8 Å². The number of carbonyl (C=O) groups is 1. The fraction of sp³-hybridized carbons (Fsp3) is 0.917. The minimum absolute atomic E-state index is 0.192. The number of ether oxygens (including phenoxy) is 1. The maximum Gasteiger partial charge on any atom is 0.410 e. The molecule has 2 atom stereocenters. The molecule has 0 aliphatic carbocycles. The fourth-order valence-corrected chi connectivity index (χ4v) is 2.05. The normalized spacial score (nSPS) is 25.9. The van der Waals surface area contributed by atoms with Crippen LogP contribution in [0.5, 0.6) is 0 Å². The van der Waals surface area contributed by atoms with Crippen molar-refractivity contribution in [1.29, 1.82) is 0 Å². The second-order valence-electron chi connectivity index (χ2n) is 5.63. The van der Waals surface area contributed by atoms with E-state index in [0.29, 0.717) is 18.4 Å². The molecule has 1 N–H and O–H groups in total. The molecule has 94 valence electrons. The van der Waals surface area contributed by atoms with Gasteiger partial charge in [0.15, 0.2) is 0 Å². The standard InChI is InChI=1S/C12H23NO3/c1-9-7-13(8-10(9)5-6-14)11(15)16-12(2,3)4/h9-10,14H,5-8H2,1-4H3/t9-,10-/m1/s1. The van der Waals surface area contributed by atoms with E-state index in [1.807, 2.05) is 20.8 Å². The quantitative estimate of drug-likeness (QED) is 0.786. The second kappa shape index (κ2) is 5.04. The monoisotopic (exact) mass is 229 g/mol. The topological polar surface area (TPSA) is 49.8 Å². The molecule has 4 heteroatoms. The minimum Gasteiger partial charge on any atom is -0.444 e. The van der Waals surface area contributed by atoms with Gasteiger partial charge < -0.3 is 14.7 Å². The SMILES string of the molecule is C[C@@H]1CN(C(=O)OC(C)(C)C)C[C@H]1CCO. The van der Waals surface area contributed by atoms with Crippen LogP contribution in [0.3, 0.4) is 0 Å². The number of nitrogens with zero attached hydrogens (tertiary/aromatic N) is 1. The lowest BCUT2D eigenvalue weighted by atomic mass is 9.95. The van der Waals surface area contributed by atoms with Crippen LogP contribution in [-0.2, 0) is 4.74 Å². The number of rotatable bonds is 2. The van der Waals surface area contributed by atoms with Gasteiger partial charge in [0.1, 0.15) is 5.60 Å². The van der Waals surface area contributed by atoms with Crippen LogP contribution in [0, 0.1) is 11.8 Å². The lowest BCUT2D eigenvalue weighted by Gasteiger charge is -2.24. The third-order valence-electron chi connectivity index (χ3n) is 2.92. The molecule has 1 amide bonds. The highest BCUT2D eigenvalue weighted by atomic mass is 16.6. The summed E-state index contributed by atoms with van der Waals surface area (Å²) < 4.78 is 5.32. The Morgan fingerprint density at radius 1 is 1.44 bits per heavy atom. The molecular weight excluding hydrogens is 206 g/mol. The van der Waals surface area contributed by atoms with Crippen LogP contribution >= 0.6 is 0 Å². The molecular formula is C12H23NO3. The highest BCUT2D eigenvalue weighted by Crippen LogP contribution is 2.26. The summed E-state index contributed by atoms with van der Waals surface area (Å²) in [5, 5.41) is 8.92. The van der Waals surface area contributed by atoms with Crippen LogP contribution in [0.2, 0.25) is 0 Å². The number of likely N-dealkylation sites (tertiary alicyclic amines) is 1. The first-order valence-electron chi connectivity index (χ1n) is 5.92. The molecule has 1 rings (SSSR count). The van der Waals surface area contributed by atoms with Gasteiger partial charge in [-0.05, 0) is 39.0 Å². The van der Waals surface area contributed by atoms with E-state index < -0.39 is 5.60 Å². The molecule has 0 radical (unpaired) electrons. The molecule has 1 saturated heterocycles. The van der Waals surface area contributed by atoms with Gasteiger partial charge in [-0.1, -0.05) is 6.92 Å². The Kier molecular flexibility index (Phi) is 4.19. The Bertz CT molecular complexity index is 247. The van der Waals surface area contributed by atoms with Crippen molar-refractivity contribution in [3.63, 3.8) is 0 Å². The van der Waals surface area contributed by atoms with Crippen LogP contribution in [0.4, 0.5) is 4.79 Å². The van der Waals surface area contributed by atoms with Gasteiger partial charge in [0.2, 0.25) is 0 Å². The molecule has 1 fully saturated rings. The van der Waals surface area contributed by atoms with Gasteiger partial charge in [-0.2, -0.15) is 0 Å². The Hall–Kier alpha value is -0.770. The summed E-state index contributed by atoms with van der Waals surface area (Å²) >= 11 is 0. The Morgan fingerprint density at radius 3 is 2.56 bits per heavy atom. The van der Waals surface area contributed by atoms with Crippen LogP contribution < -0.4 is 0 Å². The van der Waals surface area contributed by atoms with E-state index in [2.05, 4.69) is 6.92 Å². The van der Waals surface area contributed by atoms with Crippen LogP contribution in [0.1, 0.15) is 34.1 Å². The summed E-state index contributed by atoms with van der Waals surface area (Å²) in [6.45, 7) is 9.36. The summed E-state index contributed by atoms with van der Waals surface area (Å²) in [5.41, 5.74) is -0.435. The molecule has 0 aromatic carbocycles. The van der Waals surface area contributed by atoms with Gasteiger partial charge in [-0.3, -0.25) is 0 Å². The molecule has 1 heterocycles. The van der Waals surface area contributed by atoms with Crippen molar-refractivity contribution in [3.05, 3.63) is 0 Å². The number of amides is 1. The van der Waals surface area contributed by atoms with E-state index in [-0.39, 0.29) is 12.7 Å². The summed E-state index contributed by atoms with van der Waals surface area (Å²) in [7, 11) is 0. The zero-order valence-corrected chi connectivity index (χ0v) is 10.7. The number of carbonyl (C=O) groups excluding carboxylic acids is 1. The number of hydrogen-bond acceptors (Lipinski definition) is 3. The number of aliphatic hydroxyl groups excluding tert-OH is 1. The van der Waals surface area contributed by atoms with E-state index >= 15 is 0 Å². The van der Waals surface area contributed by atoms with E-state index in [1.54, 1.807) is 4.90 Å². The number of hydrogen-bond donors (Lipinski definition) is 1. The first-order valence-corrected chi connectivity index (χ1v) is 5.92. The molecule has 0 unspecified atom stereocenters. The minimum atomic E-state index is -0.435. The molecule has 4 nitrogen and oxygen atoms in total. The van der Waals surface area contributed by atoms with Crippen LogP contribution in [0.15, 0.2) is 0 Å². The van der Waals surface area contributed by atoms with Gasteiger partial charge in [-0.25, -0.2) is 4.79 Å². The highest BCUT2D eigenvalue weighted by molar-refractivity contribution is 5.68. The molecule has 0 aromatic heterocycles. The third kappa shape index (κ3) is 3.67. The van der Waals surface area contributed by atoms with Crippen molar-refractivity contribution >= 4 is 6.09 Å². The maximum absolute atomic E-state index is 11.8. The molecule has 16 heavy (non-hydrogen) atoms. The van der Waals surface area contributed by atoms with E-state index in [1.165, 1.54) is 0 Å². The summed E-state index contributed by atoms with van der Waals surface area (Å²) in [6, 6.07) is 0. The fourth-order valence-electron chi connectivity index (χ4n) is 2.05. The summed E-state index contributed by atoms with van der Waals surface area (Å²) in [5.74, 6) is 0.845. The zero-order valence-electron chi connectivity index (χ0n) is 10.7. The van der Waals surface area contributed by atoms with Gasteiger partial charge in [0, 0.05) is 19.7 Å². The van der Waals surface area contributed by atoms with E-state index in [0.717, 1.165) is 13.0 Å². The highest BCUT2D eigenvalue weighted by Gasteiger charge is 2.34. The van der Waals surface area contributed by atoms with E-state index in [4.69, 9.17) is 9.84 Å². The van der Waals surface area contributed by atoms with Crippen molar-refractivity contribution in [3.8, 4) is 0 Å². The second-order valence-corrected chi connectivity index (χ2v) is 5.63. The van der Waals surface area contributed by atoms with Gasteiger partial charge in [-0.15, -0.1) is 0 Å². The third-order valence-corrected chi connectivity index (χ3v) is 2.92. The van der Waals surface area contributed by atoms with Crippen molar-refractivity contribution in [2.75, 3.05) is 19.7 Å². The van der Waals surface area contributed by atoms with Gasteiger partial charge >= 0.3 is 6.09 Å². The van der Waals surface area contributed by atoms with Crippen LogP contribution in [-0.4, -0.2) is 41.4 Å². The lowest BCUT2D eigenvalue weighted by molar-refractivity contribution is 0.0283. The molecule has 1 aliphatic heterocycles. The Morgan fingerprint density at radius 2 is 2.06 bits per heavy atom. The van der Waals surface area contributed by atoms with Crippen molar-refractivity contribution < 1.29 is 14.6 Å². The zero-order chi connectivity index (χ0) is 12.3. The average Bonchev–Trinajstić information content (AvgIpc) is 2.46. The molecule has 1 aliphatic rings. The first-order chi connectivity index (χ1) is 7.33. The predicted molar refractivity (Wildman–Crippen MR) is 62.2 cm³/mol. The van der Waals surface area contributed by atoms with E-state index in [9.17, 15) is 4.79 Å². The molecule has 0 bridgehead atoms. The number of aliphatic hydroxyl groups is 1. The largest absolute Gasteiger partial charge is 0.444 e. The van der Waals surface area contributed by atoms with Crippen molar-refractivity contribution in [2.45, 2.75) is 39.7 Å². The predicted octanol–water partition coefficient (Wildman–Crippen LogP) is 1.87. The molecule has 0 aromatic rings. The van der Waals surface area contributed by atoms with Crippen LogP contribution in [0.25, 0.3) is 0 Å². The van der Waals surface area contributed by atoms with Gasteiger partial charge in [0.05, 0.1) is 0 Å². The first kappa shape index (κ1) is 13.3. The average molecular weight is 229 g/mol. The molecule has 0 saturated carbocycles. The van der Waals surface area contributed by atoms with Crippen molar-refractivity contribution in [1.82, 2.24) is 4.90 Å². The smallest absolute Gasteiger partial charge is 0.410 e. The molecule has 0 spiro atoms.